The lowest BCUT2D eigenvalue weighted by molar-refractivity contribution is -0.151. The summed E-state index contributed by atoms with van der Waals surface area (Å²) >= 11 is 12.2. The number of hydrogen-bond donors (Lipinski definition) is 3. The fraction of sp³-hybridized carbons (Fsp3) is 0.345. The molecule has 1 saturated heterocycles. The Labute approximate surface area is 274 Å². The molecule has 46 heavy (non-hydrogen) atoms. The van der Waals surface area contributed by atoms with Crippen molar-refractivity contribution in [2.75, 3.05) is 52.5 Å². The molecule has 3 atom stereocenters. The molecule has 0 saturated carbocycles. The summed E-state index contributed by atoms with van der Waals surface area (Å²) in [6, 6.07) is 8.05. The predicted octanol–water partition coefficient (Wildman–Crippen LogP) is 1.71. The molecule has 17 heteroatoms. The molecule has 5 rings (SSSR count). The van der Waals surface area contributed by atoms with Crippen LogP contribution in [0.3, 0.4) is 0 Å². The van der Waals surface area contributed by atoms with Crippen molar-refractivity contribution in [1.29, 1.82) is 0 Å². The Balaban J connectivity index is 1.30. The van der Waals surface area contributed by atoms with Gasteiger partial charge >= 0.3 is 5.97 Å². The summed E-state index contributed by atoms with van der Waals surface area (Å²) in [7, 11) is -0.231. The molecule has 3 aromatic rings. The third kappa shape index (κ3) is 7.24. The van der Waals surface area contributed by atoms with Crippen LogP contribution >= 0.6 is 23.2 Å². The van der Waals surface area contributed by atoms with Gasteiger partial charge in [-0.3, -0.25) is 23.5 Å². The van der Waals surface area contributed by atoms with Gasteiger partial charge in [-0.25, -0.2) is 9.78 Å². The van der Waals surface area contributed by atoms with E-state index < -0.39 is 45.6 Å². The third-order valence-corrected chi connectivity index (χ3v) is 9.15. The van der Waals surface area contributed by atoms with Crippen LogP contribution in [0.4, 0.5) is 0 Å². The quantitative estimate of drug-likeness (QED) is 0.165. The summed E-state index contributed by atoms with van der Waals surface area (Å²) in [4.78, 5) is 58.6. The van der Waals surface area contributed by atoms with Gasteiger partial charge < -0.3 is 34.4 Å². The Hall–Kier alpha value is -3.86. The van der Waals surface area contributed by atoms with Crippen LogP contribution in [-0.4, -0.2) is 106 Å². The molecule has 2 aliphatic heterocycles. The maximum atomic E-state index is 13.2. The molecule has 0 aliphatic carbocycles. The van der Waals surface area contributed by atoms with Gasteiger partial charge in [0.2, 0.25) is 5.91 Å². The number of halogens is 2. The van der Waals surface area contributed by atoms with E-state index in [0.717, 1.165) is 4.90 Å². The maximum absolute atomic E-state index is 13.2. The number of rotatable bonds is 14. The van der Waals surface area contributed by atoms with E-state index in [0.29, 0.717) is 34.3 Å². The van der Waals surface area contributed by atoms with Gasteiger partial charge in [0.1, 0.15) is 41.9 Å². The molecular formula is C29H28Cl2N4O10S. The standard InChI is InChI=1S/C29H28Cl2N4O10S/c1-42-6-7-43-8-9-44-13-22(36)33-23-27(38)35-24(29(39)40)15(14-46(41)28(23)35)12-45-21-5-3-17(31)11-19(21)25-32-20-4-2-16(30)10-18(20)26(37)34-25/h2-5,10-11,23,28H,6-9,12-14H2,1H3,(H,33,36)(H,39,40)(H,32,34,37). The van der Waals surface area contributed by atoms with Crippen LogP contribution < -0.4 is 15.6 Å². The van der Waals surface area contributed by atoms with Gasteiger partial charge in [0, 0.05) is 22.7 Å². The van der Waals surface area contributed by atoms with Crippen LogP contribution in [0.5, 0.6) is 5.75 Å². The average molecular weight is 696 g/mol. The van der Waals surface area contributed by atoms with E-state index in [-0.39, 0.29) is 60.4 Å². The molecule has 1 fully saturated rings. The second kappa shape index (κ2) is 14.7. The van der Waals surface area contributed by atoms with E-state index in [1.54, 1.807) is 19.2 Å². The number of H-pyrrole nitrogens is 1. The van der Waals surface area contributed by atoms with Crippen LogP contribution in [-0.2, 0) is 39.4 Å². The molecule has 2 aromatic carbocycles. The van der Waals surface area contributed by atoms with Gasteiger partial charge in [-0.1, -0.05) is 23.2 Å². The zero-order valence-electron chi connectivity index (χ0n) is 24.2. The largest absolute Gasteiger partial charge is 0.488 e. The van der Waals surface area contributed by atoms with Crippen molar-refractivity contribution < 1.29 is 42.6 Å². The SMILES string of the molecule is COCCOCCOCC(=O)NC1C(=O)N2C(C(=O)O)=C(COc3ccc(Cl)cc3-c3nc4ccc(Cl)cc4c(=O)[nH]3)CS(=O)C12. The van der Waals surface area contributed by atoms with E-state index >= 15 is 0 Å². The first-order chi connectivity index (χ1) is 22.1. The molecule has 0 bridgehead atoms. The molecule has 244 valence electrons. The molecule has 3 heterocycles. The second-order valence-electron chi connectivity index (χ2n) is 10.1. The minimum Gasteiger partial charge on any atom is -0.488 e. The average Bonchev–Trinajstić information content (AvgIpc) is 3.02. The number of β-lactam (4-membered cyclic amide) rings is 1. The smallest absolute Gasteiger partial charge is 0.352 e. The lowest BCUT2D eigenvalue weighted by atomic mass is 10.0. The summed E-state index contributed by atoms with van der Waals surface area (Å²) in [5.41, 5.74) is -0.0633. The molecule has 2 amide bonds. The first kappa shape index (κ1) is 33.5. The minimum atomic E-state index is -1.77. The summed E-state index contributed by atoms with van der Waals surface area (Å²) in [6.45, 7) is 0.431. The van der Waals surface area contributed by atoms with Crippen molar-refractivity contribution in [3.8, 4) is 17.1 Å². The first-order valence-corrected chi connectivity index (χ1v) is 15.9. The van der Waals surface area contributed by atoms with Gasteiger partial charge in [-0.2, -0.15) is 0 Å². The molecule has 14 nitrogen and oxygen atoms in total. The van der Waals surface area contributed by atoms with Crippen molar-refractivity contribution in [1.82, 2.24) is 20.2 Å². The van der Waals surface area contributed by atoms with Crippen molar-refractivity contribution >= 4 is 62.7 Å². The Morgan fingerprint density at radius 3 is 2.57 bits per heavy atom. The topological polar surface area (TPSA) is 186 Å². The van der Waals surface area contributed by atoms with Crippen molar-refractivity contribution in [3.63, 3.8) is 0 Å². The Morgan fingerprint density at radius 2 is 1.80 bits per heavy atom. The van der Waals surface area contributed by atoms with E-state index in [9.17, 15) is 28.5 Å². The number of methoxy groups -OCH3 is 1. The fourth-order valence-corrected chi connectivity index (χ4v) is 6.93. The number of carbonyl (C=O) groups is 3. The van der Waals surface area contributed by atoms with Crippen LogP contribution in [0.25, 0.3) is 22.3 Å². The van der Waals surface area contributed by atoms with E-state index in [1.807, 2.05) is 0 Å². The highest BCUT2D eigenvalue weighted by Gasteiger charge is 2.57. The second-order valence-corrected chi connectivity index (χ2v) is 12.5. The lowest BCUT2D eigenvalue weighted by Gasteiger charge is -2.49. The van der Waals surface area contributed by atoms with E-state index in [4.69, 9.17) is 42.1 Å². The van der Waals surface area contributed by atoms with Gasteiger partial charge in [-0.05, 0) is 36.4 Å². The van der Waals surface area contributed by atoms with Crippen LogP contribution in [0.1, 0.15) is 0 Å². The first-order valence-electron chi connectivity index (χ1n) is 13.8. The molecule has 0 spiro atoms. The number of carboxylic acid groups (broad SMARTS) is 1. The lowest BCUT2D eigenvalue weighted by Crippen LogP contribution is -2.74. The number of aromatic amines is 1. The van der Waals surface area contributed by atoms with E-state index in [2.05, 4.69) is 15.3 Å². The number of benzene rings is 2. The zero-order valence-corrected chi connectivity index (χ0v) is 26.6. The van der Waals surface area contributed by atoms with Crippen molar-refractivity contribution in [2.24, 2.45) is 0 Å². The summed E-state index contributed by atoms with van der Waals surface area (Å²) < 4.78 is 34.5. The Kier molecular flexibility index (Phi) is 10.7. The molecule has 1 aromatic heterocycles. The van der Waals surface area contributed by atoms with Crippen molar-refractivity contribution in [3.05, 3.63) is 68.1 Å². The number of carboxylic acids is 1. The molecule has 3 unspecified atom stereocenters. The molecule has 2 aliphatic rings. The number of carbonyl (C=O) groups excluding carboxylic acids is 2. The highest BCUT2D eigenvalue weighted by molar-refractivity contribution is 7.86. The maximum Gasteiger partial charge on any atom is 0.352 e. The monoisotopic (exact) mass is 694 g/mol. The van der Waals surface area contributed by atoms with Crippen LogP contribution in [0.15, 0.2) is 52.5 Å². The number of ether oxygens (including phenoxy) is 4. The van der Waals surface area contributed by atoms with Gasteiger partial charge in [0.15, 0.2) is 0 Å². The number of aliphatic carboxylic acids is 1. The number of aromatic nitrogens is 2. The normalized spacial score (nSPS) is 19.2. The predicted molar refractivity (Wildman–Crippen MR) is 167 cm³/mol. The van der Waals surface area contributed by atoms with Crippen LogP contribution in [0, 0.1) is 0 Å². The summed E-state index contributed by atoms with van der Waals surface area (Å²) in [6.07, 6.45) is 0. The van der Waals surface area contributed by atoms with Gasteiger partial charge in [0.05, 0.1) is 59.4 Å². The molecular weight excluding hydrogens is 667 g/mol. The minimum absolute atomic E-state index is 0.0903. The van der Waals surface area contributed by atoms with Gasteiger partial charge in [-0.15, -0.1) is 0 Å². The highest BCUT2D eigenvalue weighted by Crippen LogP contribution is 2.36. The number of nitrogens with zero attached hydrogens (tertiary/aromatic N) is 2. The Morgan fingerprint density at radius 1 is 1.09 bits per heavy atom. The van der Waals surface area contributed by atoms with E-state index in [1.165, 1.54) is 24.3 Å². The summed E-state index contributed by atoms with van der Waals surface area (Å²) in [5.74, 6) is -2.68. The van der Waals surface area contributed by atoms with Gasteiger partial charge in [0.25, 0.3) is 11.5 Å². The number of amides is 2. The molecule has 0 radical (unpaired) electrons. The number of nitrogens with one attached hydrogen (secondary N) is 2. The van der Waals surface area contributed by atoms with Crippen LogP contribution in [0.2, 0.25) is 10.0 Å². The fourth-order valence-electron chi connectivity index (χ4n) is 4.92. The number of hydrogen-bond acceptors (Lipinski definition) is 10. The summed E-state index contributed by atoms with van der Waals surface area (Å²) in [5, 5.41) is 12.4. The van der Waals surface area contributed by atoms with Crippen molar-refractivity contribution in [2.45, 2.75) is 11.4 Å². The highest BCUT2D eigenvalue weighted by atomic mass is 35.5. The third-order valence-electron chi connectivity index (χ3n) is 7.03. The molecule has 3 N–H and O–H groups in total. The number of fused-ring (bicyclic) bond motifs is 2. The Bertz CT molecular complexity index is 1800. The zero-order chi connectivity index (χ0) is 33.0.